The van der Waals surface area contributed by atoms with Gasteiger partial charge in [-0.1, -0.05) is 6.92 Å². The Labute approximate surface area is 75.2 Å². The Bertz CT molecular complexity index is 447. The van der Waals surface area contributed by atoms with Gasteiger partial charge >= 0.3 is 0 Å². The van der Waals surface area contributed by atoms with Crippen molar-refractivity contribution in [1.82, 2.24) is 14.6 Å². The fraction of sp³-hybridized carbons (Fsp3) is 0.222. The standard InChI is InChI=1S/C9H9N3O/c1-2-8(13)7-4-3-5-12-9(7)10-6-11-12/h3-6H,2H2,1H3. The summed E-state index contributed by atoms with van der Waals surface area (Å²) in [6, 6.07) is 3.57. The number of carbonyl (C=O) groups is 1. The highest BCUT2D eigenvalue weighted by molar-refractivity contribution is 6.01. The molecule has 66 valence electrons. The van der Waals surface area contributed by atoms with Crippen molar-refractivity contribution in [1.29, 1.82) is 0 Å². The molecule has 0 aliphatic carbocycles. The van der Waals surface area contributed by atoms with Crippen LogP contribution in [0.15, 0.2) is 24.7 Å². The molecule has 2 aromatic heterocycles. The smallest absolute Gasteiger partial charge is 0.166 e. The van der Waals surface area contributed by atoms with Crippen LogP contribution in [0.25, 0.3) is 5.65 Å². The first-order valence-electron chi connectivity index (χ1n) is 4.14. The molecule has 2 heterocycles. The Kier molecular flexibility index (Phi) is 1.81. The van der Waals surface area contributed by atoms with E-state index in [2.05, 4.69) is 10.1 Å². The number of nitrogens with zero attached hydrogens (tertiary/aromatic N) is 3. The summed E-state index contributed by atoms with van der Waals surface area (Å²) in [7, 11) is 0. The van der Waals surface area contributed by atoms with Crippen molar-refractivity contribution in [2.75, 3.05) is 0 Å². The Morgan fingerprint density at radius 1 is 1.62 bits per heavy atom. The van der Waals surface area contributed by atoms with E-state index in [4.69, 9.17) is 0 Å². The molecule has 0 aliphatic heterocycles. The monoisotopic (exact) mass is 175 g/mol. The molecule has 0 bridgehead atoms. The number of carbonyl (C=O) groups excluding carboxylic acids is 1. The minimum Gasteiger partial charge on any atom is -0.294 e. The van der Waals surface area contributed by atoms with Gasteiger partial charge in [0.2, 0.25) is 0 Å². The molecule has 0 spiro atoms. The molecule has 2 rings (SSSR count). The lowest BCUT2D eigenvalue weighted by Crippen LogP contribution is -2.00. The Hall–Kier alpha value is -1.71. The number of Topliss-reactive ketones (excluding diaryl/α,β-unsaturated/α-hetero) is 1. The molecule has 0 saturated carbocycles. The number of aromatic nitrogens is 3. The van der Waals surface area contributed by atoms with E-state index in [9.17, 15) is 4.79 Å². The summed E-state index contributed by atoms with van der Waals surface area (Å²) in [4.78, 5) is 15.5. The van der Waals surface area contributed by atoms with Gasteiger partial charge in [-0.15, -0.1) is 0 Å². The van der Waals surface area contributed by atoms with E-state index in [0.717, 1.165) is 0 Å². The maximum atomic E-state index is 11.4. The minimum atomic E-state index is 0.0959. The van der Waals surface area contributed by atoms with Gasteiger partial charge in [-0.05, 0) is 12.1 Å². The minimum absolute atomic E-state index is 0.0959. The van der Waals surface area contributed by atoms with Gasteiger partial charge in [0, 0.05) is 12.6 Å². The van der Waals surface area contributed by atoms with Crippen molar-refractivity contribution in [3.8, 4) is 0 Å². The number of rotatable bonds is 2. The van der Waals surface area contributed by atoms with Crippen LogP contribution in [-0.2, 0) is 0 Å². The Morgan fingerprint density at radius 2 is 2.46 bits per heavy atom. The SMILES string of the molecule is CCC(=O)c1cccn2ncnc12. The fourth-order valence-electron chi connectivity index (χ4n) is 1.26. The van der Waals surface area contributed by atoms with Crippen molar-refractivity contribution >= 4 is 11.4 Å². The molecule has 0 fully saturated rings. The van der Waals surface area contributed by atoms with Gasteiger partial charge in [-0.3, -0.25) is 4.79 Å². The largest absolute Gasteiger partial charge is 0.294 e. The zero-order valence-corrected chi connectivity index (χ0v) is 7.27. The van der Waals surface area contributed by atoms with Gasteiger partial charge in [0.05, 0.1) is 5.56 Å². The molecular weight excluding hydrogens is 166 g/mol. The van der Waals surface area contributed by atoms with Crippen LogP contribution in [0.4, 0.5) is 0 Å². The molecular formula is C9H9N3O. The first-order chi connectivity index (χ1) is 6.33. The van der Waals surface area contributed by atoms with Crippen molar-refractivity contribution < 1.29 is 4.79 Å². The van der Waals surface area contributed by atoms with Gasteiger partial charge in [-0.25, -0.2) is 9.50 Å². The van der Waals surface area contributed by atoms with Gasteiger partial charge in [0.25, 0.3) is 0 Å². The molecule has 2 aromatic rings. The van der Waals surface area contributed by atoms with Crippen LogP contribution in [0.2, 0.25) is 0 Å². The molecule has 0 aliphatic rings. The molecule has 4 nitrogen and oxygen atoms in total. The van der Waals surface area contributed by atoms with Crippen molar-refractivity contribution in [2.45, 2.75) is 13.3 Å². The number of fused-ring (bicyclic) bond motifs is 1. The van der Waals surface area contributed by atoms with Crippen LogP contribution in [0.5, 0.6) is 0 Å². The van der Waals surface area contributed by atoms with E-state index < -0.39 is 0 Å². The third-order valence-electron chi connectivity index (χ3n) is 1.93. The predicted octanol–water partition coefficient (Wildman–Crippen LogP) is 1.32. The second-order valence-corrected chi connectivity index (χ2v) is 2.73. The third kappa shape index (κ3) is 1.20. The lowest BCUT2D eigenvalue weighted by atomic mass is 10.1. The Balaban J connectivity index is 2.67. The lowest BCUT2D eigenvalue weighted by molar-refractivity contribution is 0.0989. The first kappa shape index (κ1) is 7.91. The summed E-state index contributed by atoms with van der Waals surface area (Å²) in [5, 5.41) is 3.95. The second-order valence-electron chi connectivity index (χ2n) is 2.73. The van der Waals surface area contributed by atoms with Gasteiger partial charge in [0.15, 0.2) is 11.4 Å². The predicted molar refractivity (Wildman–Crippen MR) is 47.6 cm³/mol. The van der Waals surface area contributed by atoms with Crippen LogP contribution >= 0.6 is 0 Å². The van der Waals surface area contributed by atoms with Gasteiger partial charge in [0.1, 0.15) is 6.33 Å². The summed E-state index contributed by atoms with van der Waals surface area (Å²) >= 11 is 0. The number of pyridine rings is 1. The summed E-state index contributed by atoms with van der Waals surface area (Å²) < 4.78 is 1.60. The van der Waals surface area contributed by atoms with Crippen molar-refractivity contribution in [3.63, 3.8) is 0 Å². The lowest BCUT2D eigenvalue weighted by Gasteiger charge is -1.98. The van der Waals surface area contributed by atoms with E-state index >= 15 is 0 Å². The quantitative estimate of drug-likeness (QED) is 0.647. The third-order valence-corrected chi connectivity index (χ3v) is 1.93. The molecule has 0 unspecified atom stereocenters. The zero-order valence-electron chi connectivity index (χ0n) is 7.27. The van der Waals surface area contributed by atoms with Crippen molar-refractivity contribution in [3.05, 3.63) is 30.2 Å². The average Bonchev–Trinajstić information content (AvgIpc) is 2.63. The van der Waals surface area contributed by atoms with Crippen LogP contribution in [-0.4, -0.2) is 20.4 Å². The van der Waals surface area contributed by atoms with Crippen LogP contribution in [0.1, 0.15) is 23.7 Å². The second kappa shape index (κ2) is 2.97. The van der Waals surface area contributed by atoms with Gasteiger partial charge < -0.3 is 0 Å². The molecule has 0 N–H and O–H groups in total. The van der Waals surface area contributed by atoms with Crippen LogP contribution < -0.4 is 0 Å². The van der Waals surface area contributed by atoms with Gasteiger partial charge in [-0.2, -0.15) is 5.10 Å². The number of hydrogen-bond acceptors (Lipinski definition) is 3. The fourth-order valence-corrected chi connectivity index (χ4v) is 1.26. The van der Waals surface area contributed by atoms with E-state index in [1.807, 2.05) is 6.92 Å². The molecule has 0 amide bonds. The number of ketones is 1. The molecule has 0 saturated heterocycles. The highest BCUT2D eigenvalue weighted by atomic mass is 16.1. The summed E-state index contributed by atoms with van der Waals surface area (Å²) in [5.74, 6) is 0.0959. The average molecular weight is 175 g/mol. The topological polar surface area (TPSA) is 47.3 Å². The highest BCUT2D eigenvalue weighted by Gasteiger charge is 2.08. The van der Waals surface area contributed by atoms with Crippen LogP contribution in [0.3, 0.4) is 0 Å². The normalized spacial score (nSPS) is 10.5. The van der Waals surface area contributed by atoms with Crippen LogP contribution in [0, 0.1) is 0 Å². The molecule has 0 radical (unpaired) electrons. The first-order valence-corrected chi connectivity index (χ1v) is 4.14. The van der Waals surface area contributed by atoms with Crippen molar-refractivity contribution in [2.24, 2.45) is 0 Å². The molecule has 4 heteroatoms. The molecule has 0 aromatic carbocycles. The summed E-state index contributed by atoms with van der Waals surface area (Å²) in [6.07, 6.45) is 3.71. The van der Waals surface area contributed by atoms with E-state index in [-0.39, 0.29) is 5.78 Å². The van der Waals surface area contributed by atoms with E-state index in [1.165, 1.54) is 6.33 Å². The zero-order chi connectivity index (χ0) is 9.26. The molecule has 0 atom stereocenters. The Morgan fingerprint density at radius 3 is 3.23 bits per heavy atom. The van der Waals surface area contributed by atoms with E-state index in [0.29, 0.717) is 17.6 Å². The van der Waals surface area contributed by atoms with E-state index in [1.54, 1.807) is 22.8 Å². The maximum Gasteiger partial charge on any atom is 0.166 e. The number of hydrogen-bond donors (Lipinski definition) is 0. The molecule has 13 heavy (non-hydrogen) atoms. The highest BCUT2D eigenvalue weighted by Crippen LogP contribution is 2.09. The summed E-state index contributed by atoms with van der Waals surface area (Å²) in [6.45, 7) is 1.84. The summed E-state index contributed by atoms with van der Waals surface area (Å²) in [5.41, 5.74) is 1.27. The maximum absolute atomic E-state index is 11.4.